The van der Waals surface area contributed by atoms with Gasteiger partial charge in [0.1, 0.15) is 5.75 Å². The average Bonchev–Trinajstić information content (AvgIpc) is 3.34. The Bertz CT molecular complexity index is 1170. The highest BCUT2D eigenvalue weighted by Gasteiger charge is 2.27. The van der Waals surface area contributed by atoms with Crippen LogP contribution in [-0.2, 0) is 16.6 Å². The van der Waals surface area contributed by atoms with Gasteiger partial charge in [0.25, 0.3) is 0 Å². The van der Waals surface area contributed by atoms with Gasteiger partial charge in [-0.15, -0.1) is 0 Å². The molecule has 3 aromatic rings. The maximum Gasteiger partial charge on any atom is 0.302 e. The van der Waals surface area contributed by atoms with E-state index in [4.69, 9.17) is 4.74 Å². The molecule has 29 heavy (non-hydrogen) atoms. The van der Waals surface area contributed by atoms with E-state index in [1.165, 1.54) is 9.87 Å². The van der Waals surface area contributed by atoms with Gasteiger partial charge in [0.05, 0.1) is 12.1 Å². The molecule has 3 heterocycles. The minimum absolute atomic E-state index is 0.327. The zero-order chi connectivity index (χ0) is 20.0. The number of H-pyrrole nitrogens is 1. The van der Waals surface area contributed by atoms with Crippen molar-refractivity contribution in [2.75, 3.05) is 44.6 Å². The van der Waals surface area contributed by atoms with Crippen molar-refractivity contribution in [1.29, 1.82) is 0 Å². The molecule has 0 atom stereocenters. The molecule has 0 spiro atoms. The van der Waals surface area contributed by atoms with Crippen LogP contribution in [0.1, 0.15) is 5.56 Å². The molecule has 1 saturated heterocycles. The number of nitrogens with one attached hydrogen (secondary N) is 2. The molecule has 0 amide bonds. The van der Waals surface area contributed by atoms with Crippen molar-refractivity contribution in [3.05, 3.63) is 42.0 Å². The summed E-state index contributed by atoms with van der Waals surface area (Å²) >= 11 is 0. The highest BCUT2D eigenvalue weighted by atomic mass is 32.2. The first-order chi connectivity index (χ1) is 14.0. The lowest BCUT2D eigenvalue weighted by Gasteiger charge is -2.31. The molecule has 152 valence electrons. The first-order valence-electron chi connectivity index (χ1n) is 9.70. The number of benzene rings is 2. The second-order valence-electron chi connectivity index (χ2n) is 7.56. The molecule has 0 unspecified atom stereocenters. The topological polar surface area (TPSA) is 90.6 Å². The van der Waals surface area contributed by atoms with Crippen LogP contribution in [0.25, 0.3) is 22.0 Å². The number of hydrogen-bond donors (Lipinski definition) is 2. The van der Waals surface area contributed by atoms with Crippen molar-refractivity contribution in [3.8, 4) is 16.9 Å². The lowest BCUT2D eigenvalue weighted by Crippen LogP contribution is -2.48. The normalized spacial score (nSPS) is 18.0. The fourth-order valence-corrected chi connectivity index (χ4v) is 5.03. The van der Waals surface area contributed by atoms with Crippen molar-refractivity contribution in [1.82, 2.24) is 19.4 Å². The smallest absolute Gasteiger partial charge is 0.302 e. The number of ether oxygens (including phenoxy) is 1. The van der Waals surface area contributed by atoms with Crippen LogP contribution in [-0.4, -0.2) is 67.7 Å². The molecule has 8 nitrogen and oxygen atoms in total. The number of aromatic nitrogens is 2. The van der Waals surface area contributed by atoms with Crippen LogP contribution in [0.15, 0.2) is 36.4 Å². The summed E-state index contributed by atoms with van der Waals surface area (Å²) in [5, 5.41) is 7.91. The van der Waals surface area contributed by atoms with Crippen molar-refractivity contribution < 1.29 is 13.2 Å². The molecule has 2 aliphatic heterocycles. The van der Waals surface area contributed by atoms with Crippen LogP contribution in [0.4, 0.5) is 5.82 Å². The molecule has 1 aromatic heterocycles. The molecular weight excluding hydrogens is 390 g/mol. The SMILES string of the molecule is CN1CCN(S(=O)(=O)Nc2n[nH]c3cc(-c4ccc5c(c4)CCO5)ccc23)CC1. The third-order valence-corrected chi connectivity index (χ3v) is 7.11. The van der Waals surface area contributed by atoms with Crippen LogP contribution < -0.4 is 9.46 Å². The fourth-order valence-electron chi connectivity index (χ4n) is 3.86. The maximum absolute atomic E-state index is 12.7. The van der Waals surface area contributed by atoms with E-state index in [-0.39, 0.29) is 0 Å². The lowest BCUT2D eigenvalue weighted by atomic mass is 10.0. The largest absolute Gasteiger partial charge is 0.493 e. The second-order valence-corrected chi connectivity index (χ2v) is 9.23. The summed E-state index contributed by atoms with van der Waals surface area (Å²) in [6.07, 6.45) is 0.924. The molecule has 0 aliphatic carbocycles. The molecule has 2 aromatic carbocycles. The van der Waals surface area contributed by atoms with Crippen molar-refractivity contribution in [3.63, 3.8) is 0 Å². The Labute approximate surface area is 169 Å². The van der Waals surface area contributed by atoms with Gasteiger partial charge in [0, 0.05) is 38.0 Å². The Morgan fingerprint density at radius 2 is 1.83 bits per heavy atom. The number of anilines is 1. The highest BCUT2D eigenvalue weighted by Crippen LogP contribution is 2.32. The summed E-state index contributed by atoms with van der Waals surface area (Å²) in [5.74, 6) is 1.28. The van der Waals surface area contributed by atoms with Crippen LogP contribution in [0.5, 0.6) is 5.75 Å². The van der Waals surface area contributed by atoms with E-state index >= 15 is 0 Å². The minimum Gasteiger partial charge on any atom is -0.493 e. The predicted molar refractivity (Wildman–Crippen MR) is 112 cm³/mol. The van der Waals surface area contributed by atoms with Crippen molar-refractivity contribution in [2.24, 2.45) is 0 Å². The monoisotopic (exact) mass is 413 g/mol. The van der Waals surface area contributed by atoms with Crippen LogP contribution in [0.3, 0.4) is 0 Å². The number of hydrogen-bond acceptors (Lipinski definition) is 5. The number of piperazine rings is 1. The standard InChI is InChI=1S/C20H23N5O3S/c1-24-7-9-25(10-8-24)29(26,27)23-20-17-4-2-15(13-18(17)21-22-20)14-3-5-19-16(12-14)6-11-28-19/h2-5,12-13H,6-11H2,1H3,(H2,21,22,23). The molecule has 2 aliphatic rings. The third kappa shape index (κ3) is 3.45. The molecule has 0 saturated carbocycles. The summed E-state index contributed by atoms with van der Waals surface area (Å²) < 4.78 is 35.1. The Morgan fingerprint density at radius 1 is 1.07 bits per heavy atom. The molecule has 1 fully saturated rings. The van der Waals surface area contributed by atoms with Gasteiger partial charge in [0.2, 0.25) is 0 Å². The average molecular weight is 414 g/mol. The third-order valence-electron chi connectivity index (χ3n) is 5.61. The maximum atomic E-state index is 12.7. The van der Waals surface area contributed by atoms with E-state index < -0.39 is 10.2 Å². The molecular formula is C20H23N5O3S. The van der Waals surface area contributed by atoms with Gasteiger partial charge in [-0.2, -0.15) is 17.8 Å². The first kappa shape index (κ1) is 18.4. The summed E-state index contributed by atoms with van der Waals surface area (Å²) in [4.78, 5) is 2.11. The lowest BCUT2D eigenvalue weighted by molar-refractivity contribution is 0.223. The fraction of sp³-hybridized carbons (Fsp3) is 0.350. The zero-order valence-corrected chi connectivity index (χ0v) is 17.0. The van der Waals surface area contributed by atoms with Gasteiger partial charge in [-0.05, 0) is 48.0 Å². The number of fused-ring (bicyclic) bond motifs is 2. The predicted octanol–water partition coefficient (Wildman–Crippen LogP) is 2.07. The van der Waals surface area contributed by atoms with E-state index in [1.54, 1.807) is 0 Å². The van der Waals surface area contributed by atoms with Gasteiger partial charge in [-0.25, -0.2) is 0 Å². The van der Waals surface area contributed by atoms with Crippen LogP contribution >= 0.6 is 0 Å². The Morgan fingerprint density at radius 3 is 2.66 bits per heavy atom. The van der Waals surface area contributed by atoms with Crippen LogP contribution in [0, 0.1) is 0 Å². The number of rotatable bonds is 4. The van der Waals surface area contributed by atoms with Crippen molar-refractivity contribution >= 4 is 26.9 Å². The first-order valence-corrected chi connectivity index (χ1v) is 11.1. The van der Waals surface area contributed by atoms with Crippen molar-refractivity contribution in [2.45, 2.75) is 6.42 Å². The number of likely N-dealkylation sites (N-methyl/N-ethyl adjacent to an activating group) is 1. The Balaban J connectivity index is 1.41. The van der Waals surface area contributed by atoms with E-state index in [0.29, 0.717) is 18.9 Å². The summed E-state index contributed by atoms with van der Waals surface area (Å²) in [6.45, 7) is 3.12. The molecule has 0 radical (unpaired) electrons. The van der Waals surface area contributed by atoms with Gasteiger partial charge in [-0.1, -0.05) is 12.1 Å². The summed E-state index contributed by atoms with van der Waals surface area (Å²) in [5.41, 5.74) is 4.15. The van der Waals surface area contributed by atoms with E-state index in [9.17, 15) is 8.42 Å². The van der Waals surface area contributed by atoms with Gasteiger partial charge in [0.15, 0.2) is 5.82 Å². The number of nitrogens with zero attached hydrogens (tertiary/aromatic N) is 3. The molecule has 0 bridgehead atoms. The van der Waals surface area contributed by atoms with Gasteiger partial charge < -0.3 is 9.64 Å². The van der Waals surface area contributed by atoms with Gasteiger partial charge >= 0.3 is 10.2 Å². The molecule has 9 heteroatoms. The number of aromatic amines is 1. The summed E-state index contributed by atoms with van der Waals surface area (Å²) in [6, 6.07) is 12.1. The van der Waals surface area contributed by atoms with E-state index in [1.807, 2.05) is 37.4 Å². The Hall–Kier alpha value is -2.62. The molecule has 2 N–H and O–H groups in total. The second kappa shape index (κ2) is 7.01. The highest BCUT2D eigenvalue weighted by molar-refractivity contribution is 7.90. The van der Waals surface area contributed by atoms with Crippen LogP contribution in [0.2, 0.25) is 0 Å². The van der Waals surface area contributed by atoms with E-state index in [0.717, 1.165) is 53.9 Å². The zero-order valence-electron chi connectivity index (χ0n) is 16.2. The molecule has 5 rings (SSSR count). The van der Waals surface area contributed by atoms with E-state index in [2.05, 4.69) is 25.9 Å². The quantitative estimate of drug-likeness (QED) is 0.683. The Kier molecular flexibility index (Phi) is 4.45. The van der Waals surface area contributed by atoms with Gasteiger partial charge in [-0.3, -0.25) is 9.82 Å². The minimum atomic E-state index is -3.63. The summed E-state index contributed by atoms with van der Waals surface area (Å²) in [7, 11) is -1.64.